The average Bonchev–Trinajstić information content (AvgIpc) is 3.26. The highest BCUT2D eigenvalue weighted by Gasteiger charge is 2.45. The largest absolute Gasteiger partial charge is 0.481 e. The van der Waals surface area contributed by atoms with E-state index >= 15 is 0 Å². The molecule has 2 saturated heterocycles. The number of β-amino-alcohol motifs (C(OH)–C–C–N with tert-alkyl or cyclic N) is 1. The third-order valence-electron chi connectivity index (χ3n) is 6.96. The number of nitrogens with one attached hydrogen (secondary N) is 2. The van der Waals surface area contributed by atoms with Gasteiger partial charge in [0.25, 0.3) is 0 Å². The fraction of sp³-hybridized carbons (Fsp3) is 0.556. The van der Waals surface area contributed by atoms with E-state index < -0.39 is 47.4 Å². The maximum atomic E-state index is 13.7. The number of benzene rings is 1. The summed E-state index contributed by atoms with van der Waals surface area (Å²) in [6.45, 7) is 6.23. The SMILES string of the molecule is C#Cc1ccc(CNC(=O)[C@@H]2C[C@@H](O)CN2C(=O)[C@@H](NC(=O)N2CCC(C(=O)O)CC2)C(C)(C)C)cc1. The highest BCUT2D eigenvalue weighted by Crippen LogP contribution is 2.27. The topological polar surface area (TPSA) is 139 Å². The number of urea groups is 1. The minimum Gasteiger partial charge on any atom is -0.481 e. The van der Waals surface area contributed by atoms with Gasteiger partial charge in [-0.05, 0) is 36.0 Å². The molecule has 2 aliphatic heterocycles. The molecule has 4 N–H and O–H groups in total. The Morgan fingerprint density at radius 1 is 1.14 bits per heavy atom. The summed E-state index contributed by atoms with van der Waals surface area (Å²) in [6.07, 6.45) is 5.31. The third-order valence-corrected chi connectivity index (χ3v) is 6.96. The second kappa shape index (κ2) is 11.6. The van der Waals surface area contributed by atoms with Gasteiger partial charge in [-0.2, -0.15) is 0 Å². The lowest BCUT2D eigenvalue weighted by molar-refractivity contribution is -0.143. The summed E-state index contributed by atoms with van der Waals surface area (Å²) in [7, 11) is 0. The van der Waals surface area contributed by atoms with Crippen LogP contribution in [-0.4, -0.2) is 81.6 Å². The first-order chi connectivity index (χ1) is 17.4. The van der Waals surface area contributed by atoms with Crippen LogP contribution in [0.3, 0.4) is 0 Å². The lowest BCUT2D eigenvalue weighted by atomic mass is 9.85. The molecule has 37 heavy (non-hydrogen) atoms. The predicted molar refractivity (Wildman–Crippen MR) is 136 cm³/mol. The Kier molecular flexibility index (Phi) is 8.81. The molecule has 4 amide bonds. The highest BCUT2D eigenvalue weighted by molar-refractivity contribution is 5.93. The number of carboxylic acids is 1. The molecule has 2 heterocycles. The Hall–Kier alpha value is -3.58. The van der Waals surface area contributed by atoms with Crippen molar-refractivity contribution in [1.29, 1.82) is 0 Å². The van der Waals surface area contributed by atoms with Crippen LogP contribution in [0.25, 0.3) is 0 Å². The number of aliphatic carboxylic acids is 1. The van der Waals surface area contributed by atoms with Gasteiger partial charge in [0.15, 0.2) is 0 Å². The second-order valence-corrected chi connectivity index (χ2v) is 10.8. The number of likely N-dealkylation sites (tertiary alicyclic amines) is 2. The van der Waals surface area contributed by atoms with Gasteiger partial charge in [-0.3, -0.25) is 14.4 Å². The van der Waals surface area contributed by atoms with Crippen LogP contribution in [0, 0.1) is 23.7 Å². The molecule has 1 aromatic carbocycles. The molecule has 3 atom stereocenters. The summed E-state index contributed by atoms with van der Waals surface area (Å²) < 4.78 is 0. The number of carbonyl (C=O) groups excluding carboxylic acids is 3. The van der Waals surface area contributed by atoms with E-state index in [2.05, 4.69) is 16.6 Å². The first-order valence-corrected chi connectivity index (χ1v) is 12.5. The number of aliphatic hydroxyl groups is 1. The molecule has 3 rings (SSSR count). The van der Waals surface area contributed by atoms with Crippen LogP contribution < -0.4 is 10.6 Å². The molecule has 10 heteroatoms. The van der Waals surface area contributed by atoms with Crippen LogP contribution in [0.15, 0.2) is 24.3 Å². The number of rotatable bonds is 6. The Labute approximate surface area is 217 Å². The maximum Gasteiger partial charge on any atom is 0.318 e. The normalized spacial score (nSPS) is 21.2. The standard InChI is InChI=1S/C27H36N4O6/c1-5-17-6-8-18(9-7-17)15-28-23(33)21-14-20(32)16-31(21)24(34)22(27(2,3)4)29-26(37)30-12-10-19(11-13-30)25(35)36/h1,6-9,19-22,32H,10-16H2,2-4H3,(H,28,33)(H,29,37)(H,35,36)/t20-,21+,22-/m1/s1. The van der Waals surface area contributed by atoms with Gasteiger partial charge in [0.1, 0.15) is 12.1 Å². The highest BCUT2D eigenvalue weighted by atomic mass is 16.4. The smallest absolute Gasteiger partial charge is 0.318 e. The van der Waals surface area contributed by atoms with Gasteiger partial charge in [0, 0.05) is 38.2 Å². The summed E-state index contributed by atoms with van der Waals surface area (Å²) >= 11 is 0. The Bertz CT molecular complexity index is 1050. The molecule has 10 nitrogen and oxygen atoms in total. The van der Waals surface area contributed by atoms with E-state index in [0.717, 1.165) is 11.1 Å². The van der Waals surface area contributed by atoms with Crippen LogP contribution >= 0.6 is 0 Å². The van der Waals surface area contributed by atoms with Crippen LogP contribution in [-0.2, 0) is 20.9 Å². The second-order valence-electron chi connectivity index (χ2n) is 10.8. The first-order valence-electron chi connectivity index (χ1n) is 12.5. The predicted octanol–water partition coefficient (Wildman–Crippen LogP) is 1.17. The number of nitrogens with zero attached hydrogens (tertiary/aromatic N) is 2. The number of hydrogen-bond donors (Lipinski definition) is 4. The van der Waals surface area contributed by atoms with Crippen LogP contribution in [0.2, 0.25) is 0 Å². The van der Waals surface area contributed by atoms with E-state index in [-0.39, 0.29) is 38.5 Å². The van der Waals surface area contributed by atoms with Gasteiger partial charge in [-0.15, -0.1) is 6.42 Å². The zero-order valence-corrected chi connectivity index (χ0v) is 21.6. The van der Waals surface area contributed by atoms with Crippen molar-refractivity contribution in [1.82, 2.24) is 20.4 Å². The molecule has 0 saturated carbocycles. The van der Waals surface area contributed by atoms with E-state index in [1.54, 1.807) is 12.1 Å². The molecule has 0 unspecified atom stereocenters. The molecule has 2 aliphatic rings. The van der Waals surface area contributed by atoms with Crippen molar-refractivity contribution in [3.8, 4) is 12.3 Å². The molecule has 0 aliphatic carbocycles. The van der Waals surface area contributed by atoms with Gasteiger partial charge in [-0.1, -0.05) is 38.8 Å². The zero-order chi connectivity index (χ0) is 27.3. The molecule has 1 aromatic rings. The van der Waals surface area contributed by atoms with E-state index in [1.807, 2.05) is 32.9 Å². The Morgan fingerprint density at radius 2 is 1.76 bits per heavy atom. The number of hydrogen-bond acceptors (Lipinski definition) is 5. The van der Waals surface area contributed by atoms with Crippen LogP contribution in [0.1, 0.15) is 51.2 Å². The van der Waals surface area contributed by atoms with Crippen LogP contribution in [0.4, 0.5) is 4.79 Å². The molecule has 2 fully saturated rings. The molecule has 0 spiro atoms. The number of piperidine rings is 1. The fourth-order valence-electron chi connectivity index (χ4n) is 4.69. The van der Waals surface area contributed by atoms with Crippen LogP contribution in [0.5, 0.6) is 0 Å². The minimum atomic E-state index is -0.950. The average molecular weight is 513 g/mol. The van der Waals surface area contributed by atoms with Crippen molar-refractivity contribution in [2.45, 2.75) is 64.8 Å². The minimum absolute atomic E-state index is 0.0136. The van der Waals surface area contributed by atoms with Gasteiger partial charge >= 0.3 is 12.0 Å². The van der Waals surface area contributed by atoms with Gasteiger partial charge in [0.2, 0.25) is 11.8 Å². The van der Waals surface area contributed by atoms with Gasteiger partial charge < -0.3 is 30.6 Å². The molecular weight excluding hydrogens is 476 g/mol. The van der Waals surface area contributed by atoms with Crippen molar-refractivity contribution < 1.29 is 29.4 Å². The van der Waals surface area contributed by atoms with Crippen molar-refractivity contribution >= 4 is 23.8 Å². The Balaban J connectivity index is 1.67. The van der Waals surface area contributed by atoms with E-state index in [9.17, 15) is 29.4 Å². The van der Waals surface area contributed by atoms with Gasteiger partial charge in [-0.25, -0.2) is 4.79 Å². The lowest BCUT2D eigenvalue weighted by Crippen LogP contribution is -2.60. The quantitative estimate of drug-likeness (QED) is 0.422. The molecule has 0 bridgehead atoms. The molecule has 200 valence electrons. The van der Waals surface area contributed by atoms with Gasteiger partial charge in [0.05, 0.1) is 12.0 Å². The van der Waals surface area contributed by atoms with E-state index in [4.69, 9.17) is 6.42 Å². The fourth-order valence-corrected chi connectivity index (χ4v) is 4.69. The summed E-state index contributed by atoms with van der Waals surface area (Å²) in [5, 5.41) is 25.1. The number of carboxylic acid groups (broad SMARTS) is 1. The molecular formula is C27H36N4O6. The van der Waals surface area contributed by atoms with Crippen molar-refractivity contribution in [2.24, 2.45) is 11.3 Å². The number of terminal acetylenes is 1. The zero-order valence-electron chi connectivity index (χ0n) is 21.6. The monoisotopic (exact) mass is 512 g/mol. The van der Waals surface area contributed by atoms with Crippen molar-refractivity contribution in [2.75, 3.05) is 19.6 Å². The van der Waals surface area contributed by atoms with E-state index in [0.29, 0.717) is 12.8 Å². The summed E-state index contributed by atoms with van der Waals surface area (Å²) in [5.74, 6) is 0.346. The number of aliphatic hydroxyl groups excluding tert-OH is 1. The van der Waals surface area contributed by atoms with E-state index in [1.165, 1.54) is 9.80 Å². The number of carbonyl (C=O) groups is 4. The lowest BCUT2D eigenvalue weighted by Gasteiger charge is -2.37. The summed E-state index contributed by atoms with van der Waals surface area (Å²) in [5.41, 5.74) is 0.891. The molecule has 0 radical (unpaired) electrons. The maximum absolute atomic E-state index is 13.7. The van der Waals surface area contributed by atoms with Crippen molar-refractivity contribution in [3.63, 3.8) is 0 Å². The first kappa shape index (κ1) is 28.0. The number of amides is 4. The molecule has 0 aromatic heterocycles. The third kappa shape index (κ3) is 7.01. The summed E-state index contributed by atoms with van der Waals surface area (Å²) in [6, 6.07) is 4.90. The summed E-state index contributed by atoms with van der Waals surface area (Å²) in [4.78, 5) is 53.8. The van der Waals surface area contributed by atoms with Crippen molar-refractivity contribution in [3.05, 3.63) is 35.4 Å². The Morgan fingerprint density at radius 3 is 2.30 bits per heavy atom.